The van der Waals surface area contributed by atoms with Crippen molar-refractivity contribution in [1.82, 2.24) is 4.90 Å². The van der Waals surface area contributed by atoms with Crippen molar-refractivity contribution in [1.29, 1.82) is 0 Å². The van der Waals surface area contributed by atoms with Gasteiger partial charge in [0.25, 0.3) is 0 Å². The molecule has 88 valence electrons. The van der Waals surface area contributed by atoms with Gasteiger partial charge in [0.15, 0.2) is 0 Å². The minimum absolute atomic E-state index is 0.0337. The van der Waals surface area contributed by atoms with Crippen LogP contribution in [0.2, 0.25) is 0 Å². The molecule has 1 saturated heterocycles. The number of rotatable bonds is 1. The lowest BCUT2D eigenvalue weighted by Gasteiger charge is -2.48. The molecule has 0 saturated carbocycles. The average Bonchev–Trinajstić information content (AvgIpc) is 2.13. The van der Waals surface area contributed by atoms with Gasteiger partial charge in [-0.25, -0.2) is 0 Å². The number of piperidine rings is 1. The highest BCUT2D eigenvalue weighted by atomic mass is 16.5. The Kier molecular flexibility index (Phi) is 2.36. The molecule has 0 radical (unpaired) electrons. The van der Waals surface area contributed by atoms with Gasteiger partial charge in [0.05, 0.1) is 9.71 Å². The molecule has 15 heavy (non-hydrogen) atoms. The third kappa shape index (κ3) is 2.33. The van der Waals surface area contributed by atoms with Crippen LogP contribution in [0.1, 0.15) is 44.6 Å². The van der Waals surface area contributed by atoms with Crippen LogP contribution < -0.4 is 0 Å². The highest BCUT2D eigenvalue weighted by molar-refractivity contribution is 5.73. The minimum Gasteiger partial charge on any atom is -0.378 e. The van der Waals surface area contributed by atoms with E-state index in [0.29, 0.717) is 25.9 Å². The summed E-state index contributed by atoms with van der Waals surface area (Å²) in [6.07, 6.45) is 1.13. The number of hydrogen-bond donors (Lipinski definition) is 0. The Labute approximate surface area is 97.0 Å². The molecule has 3 heteroatoms. The van der Waals surface area contributed by atoms with E-state index in [1.807, 2.05) is 20.8 Å². The van der Waals surface area contributed by atoms with Crippen LogP contribution in [-0.4, -0.2) is 36.5 Å². The first-order chi connectivity index (χ1) is 7.97. The molecule has 1 aliphatic heterocycles. The maximum atomic E-state index is 11.3. The zero-order chi connectivity index (χ0) is 14.2. The third-order valence-electron chi connectivity index (χ3n) is 3.58. The van der Waals surface area contributed by atoms with E-state index in [1.54, 1.807) is 4.90 Å². The predicted octanol–water partition coefficient (Wildman–Crippen LogP) is 2.06. The number of carbonyl (C=O) groups is 1. The Bertz CT molecular complexity index is 312. The van der Waals surface area contributed by atoms with E-state index in [9.17, 15) is 4.79 Å². The minimum atomic E-state index is -2.40. The van der Waals surface area contributed by atoms with Gasteiger partial charge in [0.2, 0.25) is 5.91 Å². The topological polar surface area (TPSA) is 29.5 Å². The van der Waals surface area contributed by atoms with E-state index in [-0.39, 0.29) is 11.3 Å². The number of methoxy groups -OCH3 is 1. The molecule has 1 rings (SSSR count). The predicted molar refractivity (Wildman–Crippen MR) is 60.7 cm³/mol. The number of amides is 1. The quantitative estimate of drug-likeness (QED) is 0.671. The lowest BCUT2D eigenvalue weighted by Crippen LogP contribution is -2.53. The first-order valence-corrected chi connectivity index (χ1v) is 5.43. The SMILES string of the molecule is [2H]C([2H])([2H])OC1(C(C)(C)C)CCN(C(C)=O)CC1. The molecule has 0 N–H and O–H groups in total. The van der Waals surface area contributed by atoms with Gasteiger partial charge in [0, 0.05) is 27.1 Å². The molecule has 0 bridgehead atoms. The van der Waals surface area contributed by atoms with E-state index in [0.717, 1.165) is 0 Å². The monoisotopic (exact) mass is 216 g/mol. The van der Waals surface area contributed by atoms with Crippen molar-refractivity contribution in [3.63, 3.8) is 0 Å². The summed E-state index contributed by atoms with van der Waals surface area (Å²) >= 11 is 0. The zero-order valence-electron chi connectivity index (χ0n) is 13.1. The average molecular weight is 216 g/mol. The van der Waals surface area contributed by atoms with Crippen LogP contribution >= 0.6 is 0 Å². The Morgan fingerprint density at radius 2 is 1.93 bits per heavy atom. The second-order valence-electron chi connectivity index (χ2n) is 5.35. The van der Waals surface area contributed by atoms with Crippen LogP contribution in [0.15, 0.2) is 0 Å². The smallest absolute Gasteiger partial charge is 0.219 e. The summed E-state index contributed by atoms with van der Waals surface area (Å²) in [5.41, 5.74) is -0.964. The molecule has 1 fully saturated rings. The molecule has 0 spiro atoms. The summed E-state index contributed by atoms with van der Waals surface area (Å²) < 4.78 is 27.4. The number of ether oxygens (including phenoxy) is 1. The highest BCUT2D eigenvalue weighted by Gasteiger charge is 2.44. The highest BCUT2D eigenvalue weighted by Crippen LogP contribution is 2.41. The largest absolute Gasteiger partial charge is 0.378 e. The standard InChI is InChI=1S/C12H23NO2/c1-10(14)13-8-6-12(15-5,7-9-13)11(2,3)4/h6-9H2,1-5H3/i5D3. The van der Waals surface area contributed by atoms with Crippen LogP contribution in [0, 0.1) is 5.41 Å². The van der Waals surface area contributed by atoms with E-state index in [4.69, 9.17) is 8.85 Å². The van der Waals surface area contributed by atoms with Gasteiger partial charge in [0.1, 0.15) is 0 Å². The lowest BCUT2D eigenvalue weighted by molar-refractivity contribution is -0.146. The molecule has 3 nitrogen and oxygen atoms in total. The van der Waals surface area contributed by atoms with Gasteiger partial charge in [-0.1, -0.05) is 20.8 Å². The number of nitrogens with zero attached hydrogens (tertiary/aromatic N) is 1. The molecule has 0 aliphatic carbocycles. The maximum Gasteiger partial charge on any atom is 0.219 e. The van der Waals surface area contributed by atoms with Crippen molar-refractivity contribution >= 4 is 5.91 Å². The summed E-state index contributed by atoms with van der Waals surface area (Å²) in [6, 6.07) is 0. The van der Waals surface area contributed by atoms with E-state index >= 15 is 0 Å². The summed E-state index contributed by atoms with van der Waals surface area (Å²) in [6.45, 7) is 8.62. The first-order valence-electron chi connectivity index (χ1n) is 6.93. The summed E-state index contributed by atoms with van der Waals surface area (Å²) in [4.78, 5) is 13.1. The van der Waals surface area contributed by atoms with E-state index < -0.39 is 12.6 Å². The molecular formula is C12H23NO2. The molecule has 0 aromatic carbocycles. The fourth-order valence-electron chi connectivity index (χ4n) is 2.19. The van der Waals surface area contributed by atoms with Crippen LogP contribution in [-0.2, 0) is 9.53 Å². The second-order valence-corrected chi connectivity index (χ2v) is 5.35. The second kappa shape index (κ2) is 4.12. The van der Waals surface area contributed by atoms with Gasteiger partial charge in [-0.3, -0.25) is 4.79 Å². The molecule has 0 aromatic heterocycles. The summed E-state index contributed by atoms with van der Waals surface area (Å²) in [5.74, 6) is 0.0337. The lowest BCUT2D eigenvalue weighted by atomic mass is 9.70. The van der Waals surface area contributed by atoms with Crippen LogP contribution in [0.5, 0.6) is 0 Å². The van der Waals surface area contributed by atoms with Gasteiger partial charge >= 0.3 is 0 Å². The Morgan fingerprint density at radius 3 is 2.27 bits per heavy atom. The number of likely N-dealkylation sites (tertiary alicyclic amines) is 1. The molecule has 0 aromatic rings. The molecular weight excluding hydrogens is 190 g/mol. The maximum absolute atomic E-state index is 11.3. The summed E-state index contributed by atoms with van der Waals surface area (Å²) in [7, 11) is -2.40. The van der Waals surface area contributed by atoms with Crippen molar-refractivity contribution in [2.75, 3.05) is 20.1 Å². The van der Waals surface area contributed by atoms with Gasteiger partial charge in [-0.05, 0) is 18.3 Å². The number of hydrogen-bond acceptors (Lipinski definition) is 2. The Balaban J connectivity index is 2.87. The van der Waals surface area contributed by atoms with E-state index in [1.165, 1.54) is 6.92 Å². The van der Waals surface area contributed by atoms with Gasteiger partial charge < -0.3 is 9.64 Å². The normalized spacial score (nSPS) is 25.3. The molecule has 1 amide bonds. The van der Waals surface area contributed by atoms with Crippen molar-refractivity contribution < 1.29 is 13.6 Å². The van der Waals surface area contributed by atoms with E-state index in [2.05, 4.69) is 0 Å². The Morgan fingerprint density at radius 1 is 1.40 bits per heavy atom. The van der Waals surface area contributed by atoms with Gasteiger partial charge in [-0.15, -0.1) is 0 Å². The van der Waals surface area contributed by atoms with Crippen LogP contribution in [0.3, 0.4) is 0 Å². The van der Waals surface area contributed by atoms with Crippen molar-refractivity contribution in [2.45, 2.75) is 46.1 Å². The van der Waals surface area contributed by atoms with Crippen molar-refractivity contribution in [2.24, 2.45) is 5.41 Å². The van der Waals surface area contributed by atoms with Crippen molar-refractivity contribution in [3.05, 3.63) is 0 Å². The van der Waals surface area contributed by atoms with Gasteiger partial charge in [-0.2, -0.15) is 0 Å². The fourth-order valence-corrected chi connectivity index (χ4v) is 2.19. The fraction of sp³-hybridized carbons (Fsp3) is 0.917. The molecule has 1 aliphatic rings. The summed E-state index contributed by atoms with van der Waals surface area (Å²) in [5, 5.41) is 0. The molecule has 1 heterocycles. The molecule has 0 atom stereocenters. The van der Waals surface area contributed by atoms with Crippen molar-refractivity contribution in [3.8, 4) is 0 Å². The first kappa shape index (κ1) is 8.57. The third-order valence-corrected chi connectivity index (χ3v) is 3.58. The van der Waals surface area contributed by atoms with Crippen LogP contribution in [0.25, 0.3) is 0 Å². The zero-order valence-corrected chi connectivity index (χ0v) is 10.1. The van der Waals surface area contributed by atoms with Crippen LogP contribution in [0.4, 0.5) is 0 Å². The number of carbonyl (C=O) groups excluding carboxylic acids is 1. The Hall–Kier alpha value is -0.570. The molecule has 0 unspecified atom stereocenters.